The van der Waals surface area contributed by atoms with Crippen LogP contribution in [0.15, 0.2) is 0 Å². The van der Waals surface area contributed by atoms with Crippen molar-refractivity contribution in [1.29, 1.82) is 0 Å². The first-order chi connectivity index (χ1) is 12.7. The van der Waals surface area contributed by atoms with E-state index >= 15 is 0 Å². The van der Waals surface area contributed by atoms with E-state index in [9.17, 15) is 18.4 Å². The van der Waals surface area contributed by atoms with Gasteiger partial charge in [0.1, 0.15) is 6.04 Å². The number of carbonyl (C=O) groups is 2. The van der Waals surface area contributed by atoms with Crippen molar-refractivity contribution in [2.75, 3.05) is 19.7 Å². The van der Waals surface area contributed by atoms with E-state index < -0.39 is 24.1 Å². The minimum absolute atomic E-state index is 0.0566. The van der Waals surface area contributed by atoms with Crippen LogP contribution in [0.5, 0.6) is 0 Å². The second-order valence-corrected chi connectivity index (χ2v) is 8.65. The van der Waals surface area contributed by atoms with Gasteiger partial charge >= 0.3 is 6.03 Å². The highest BCUT2D eigenvalue weighted by atomic mass is 19.3. The highest BCUT2D eigenvalue weighted by Gasteiger charge is 2.46. The van der Waals surface area contributed by atoms with Gasteiger partial charge in [0, 0.05) is 32.5 Å². The smallest absolute Gasteiger partial charge is 0.312 e. The molecule has 1 saturated heterocycles. The number of nitrogens with one attached hydrogen (secondary N) is 1. The van der Waals surface area contributed by atoms with Crippen LogP contribution in [0.3, 0.4) is 0 Å². The minimum atomic E-state index is -2.57. The van der Waals surface area contributed by atoms with Crippen LogP contribution in [0.1, 0.15) is 58.3 Å². The molecule has 2 saturated carbocycles. The summed E-state index contributed by atoms with van der Waals surface area (Å²) in [6, 6.07) is -1.61. The summed E-state index contributed by atoms with van der Waals surface area (Å²) in [5.74, 6) is -2.69. The number of urea groups is 1. The summed E-state index contributed by atoms with van der Waals surface area (Å²) < 4.78 is 32.3. The number of hydrogen-bond acceptors (Lipinski definition) is 3. The number of ether oxygens (including phenoxy) is 1. The van der Waals surface area contributed by atoms with Crippen LogP contribution in [0.4, 0.5) is 13.6 Å². The van der Waals surface area contributed by atoms with Crippen LogP contribution in [0.25, 0.3) is 0 Å². The number of likely N-dealkylation sites (tertiary alicyclic amines) is 1. The van der Waals surface area contributed by atoms with Crippen molar-refractivity contribution < 1.29 is 23.1 Å². The van der Waals surface area contributed by atoms with Gasteiger partial charge in [0.05, 0.1) is 6.10 Å². The molecule has 1 heterocycles. The van der Waals surface area contributed by atoms with E-state index in [1.807, 2.05) is 0 Å². The fourth-order valence-corrected chi connectivity index (χ4v) is 4.26. The SMILES string of the molecule is CC(OCC1CCC(F)(F)CC1)C(NC(N)=O)C(=O)N1CCC2(CC1)CC2. The average molecular weight is 387 g/mol. The Morgan fingerprint density at radius 1 is 1.15 bits per heavy atom. The Morgan fingerprint density at radius 2 is 1.74 bits per heavy atom. The first kappa shape index (κ1) is 20.3. The van der Waals surface area contributed by atoms with Crippen molar-refractivity contribution in [2.24, 2.45) is 17.1 Å². The van der Waals surface area contributed by atoms with E-state index in [2.05, 4.69) is 5.32 Å². The third kappa shape index (κ3) is 5.30. The maximum absolute atomic E-state index is 13.3. The van der Waals surface area contributed by atoms with Gasteiger partial charge in [0.25, 0.3) is 0 Å². The molecule has 6 nitrogen and oxygen atoms in total. The van der Waals surface area contributed by atoms with Crippen molar-refractivity contribution in [3.8, 4) is 0 Å². The predicted molar refractivity (Wildman–Crippen MR) is 96.3 cm³/mol. The molecular weight excluding hydrogens is 356 g/mol. The molecule has 0 aromatic heterocycles. The monoisotopic (exact) mass is 387 g/mol. The van der Waals surface area contributed by atoms with Gasteiger partial charge in [-0.05, 0) is 56.8 Å². The largest absolute Gasteiger partial charge is 0.376 e. The maximum atomic E-state index is 13.3. The number of primary amides is 1. The van der Waals surface area contributed by atoms with Crippen LogP contribution in [-0.4, -0.2) is 54.6 Å². The van der Waals surface area contributed by atoms with Crippen molar-refractivity contribution in [3.63, 3.8) is 0 Å². The van der Waals surface area contributed by atoms with Gasteiger partial charge in [0.15, 0.2) is 0 Å². The summed E-state index contributed by atoms with van der Waals surface area (Å²) in [5.41, 5.74) is 5.71. The number of amides is 3. The van der Waals surface area contributed by atoms with E-state index in [0.29, 0.717) is 38.0 Å². The minimum Gasteiger partial charge on any atom is -0.376 e. The second kappa shape index (κ2) is 7.89. The molecule has 154 valence electrons. The van der Waals surface area contributed by atoms with Crippen molar-refractivity contribution in [2.45, 2.75) is 76.4 Å². The third-order valence-electron chi connectivity index (χ3n) is 6.56. The summed E-state index contributed by atoms with van der Waals surface area (Å²) in [4.78, 5) is 26.1. The molecule has 1 spiro atoms. The molecule has 8 heteroatoms. The Kier molecular flexibility index (Phi) is 5.93. The van der Waals surface area contributed by atoms with Crippen LogP contribution in [-0.2, 0) is 9.53 Å². The van der Waals surface area contributed by atoms with Crippen LogP contribution < -0.4 is 11.1 Å². The maximum Gasteiger partial charge on any atom is 0.312 e. The standard InChI is InChI=1S/C19H31F2N3O3/c1-13(27-12-14-2-4-19(20,21)5-3-14)15(23-17(22)26)16(25)24-10-8-18(6-7-18)9-11-24/h13-15H,2-12H2,1H3,(H3,22,23,26). The molecule has 2 unspecified atom stereocenters. The molecule has 1 aliphatic heterocycles. The second-order valence-electron chi connectivity index (χ2n) is 8.65. The summed E-state index contributed by atoms with van der Waals surface area (Å²) >= 11 is 0. The Labute approximate surface area is 159 Å². The zero-order valence-electron chi connectivity index (χ0n) is 16.0. The number of alkyl halides is 2. The van der Waals surface area contributed by atoms with E-state index in [0.717, 1.165) is 12.8 Å². The number of rotatable bonds is 6. The lowest BCUT2D eigenvalue weighted by Gasteiger charge is -2.36. The fraction of sp³-hybridized carbons (Fsp3) is 0.895. The molecule has 0 aromatic rings. The van der Waals surface area contributed by atoms with Crippen LogP contribution in [0, 0.1) is 11.3 Å². The number of carbonyl (C=O) groups excluding carboxylic acids is 2. The van der Waals surface area contributed by atoms with Gasteiger partial charge < -0.3 is 20.7 Å². The van der Waals surface area contributed by atoms with Crippen molar-refractivity contribution in [1.82, 2.24) is 10.2 Å². The van der Waals surface area contributed by atoms with E-state index in [4.69, 9.17) is 10.5 Å². The van der Waals surface area contributed by atoms with Gasteiger partial charge in [-0.25, -0.2) is 13.6 Å². The molecule has 3 aliphatic rings. The molecule has 0 bridgehead atoms. The number of hydrogen-bond donors (Lipinski definition) is 2. The quantitative estimate of drug-likeness (QED) is 0.735. The summed E-state index contributed by atoms with van der Waals surface area (Å²) in [7, 11) is 0. The van der Waals surface area contributed by atoms with Gasteiger partial charge in [-0.15, -0.1) is 0 Å². The normalized spacial score (nSPS) is 26.4. The van der Waals surface area contributed by atoms with Crippen molar-refractivity contribution in [3.05, 3.63) is 0 Å². The van der Waals surface area contributed by atoms with E-state index in [1.54, 1.807) is 11.8 Å². The first-order valence-electron chi connectivity index (χ1n) is 10.0. The topological polar surface area (TPSA) is 84.7 Å². The first-order valence-corrected chi connectivity index (χ1v) is 10.0. The summed E-state index contributed by atoms with van der Waals surface area (Å²) in [6.45, 7) is 3.42. The Balaban J connectivity index is 1.51. The molecule has 3 N–H and O–H groups in total. The number of piperidine rings is 1. The van der Waals surface area contributed by atoms with E-state index in [-0.39, 0.29) is 24.7 Å². The highest BCUT2D eigenvalue weighted by molar-refractivity contribution is 5.87. The lowest BCUT2D eigenvalue weighted by atomic mass is 9.87. The highest BCUT2D eigenvalue weighted by Crippen LogP contribution is 2.53. The molecule has 3 amide bonds. The van der Waals surface area contributed by atoms with Crippen LogP contribution >= 0.6 is 0 Å². The summed E-state index contributed by atoms with van der Waals surface area (Å²) in [6.07, 6.45) is 4.53. The number of nitrogens with two attached hydrogens (primary N) is 1. The lowest BCUT2D eigenvalue weighted by Crippen LogP contribution is -2.57. The molecule has 27 heavy (non-hydrogen) atoms. The predicted octanol–water partition coefficient (Wildman–Crippen LogP) is 2.66. The molecule has 2 atom stereocenters. The zero-order chi connectivity index (χ0) is 19.7. The Bertz CT molecular complexity index is 548. The molecule has 3 fully saturated rings. The number of nitrogens with zero attached hydrogens (tertiary/aromatic N) is 1. The van der Waals surface area contributed by atoms with Gasteiger partial charge in [-0.3, -0.25) is 4.79 Å². The molecule has 3 rings (SSSR count). The third-order valence-corrected chi connectivity index (χ3v) is 6.56. The zero-order valence-corrected chi connectivity index (χ0v) is 16.0. The fourth-order valence-electron chi connectivity index (χ4n) is 4.26. The molecule has 2 aliphatic carbocycles. The van der Waals surface area contributed by atoms with Crippen molar-refractivity contribution >= 4 is 11.9 Å². The lowest BCUT2D eigenvalue weighted by molar-refractivity contribution is -0.139. The Hall–Kier alpha value is -1.44. The molecular formula is C19H31F2N3O3. The van der Waals surface area contributed by atoms with E-state index in [1.165, 1.54) is 12.8 Å². The molecule has 0 aromatic carbocycles. The van der Waals surface area contributed by atoms with Crippen LogP contribution in [0.2, 0.25) is 0 Å². The van der Waals surface area contributed by atoms with Gasteiger partial charge in [0.2, 0.25) is 11.8 Å². The average Bonchev–Trinajstić information content (AvgIpc) is 3.37. The molecule has 0 radical (unpaired) electrons. The van der Waals surface area contributed by atoms with Gasteiger partial charge in [-0.2, -0.15) is 0 Å². The summed E-state index contributed by atoms with van der Waals surface area (Å²) in [5, 5.41) is 2.52. The number of halogens is 2. The Morgan fingerprint density at radius 3 is 2.26 bits per heavy atom. The van der Waals surface area contributed by atoms with Gasteiger partial charge in [-0.1, -0.05) is 0 Å².